The van der Waals surface area contributed by atoms with E-state index >= 15 is 0 Å². The Hall–Kier alpha value is -4.11. The van der Waals surface area contributed by atoms with Crippen LogP contribution in [0.4, 0.5) is 11.4 Å². The minimum absolute atomic E-state index is 0.0264. The van der Waals surface area contributed by atoms with Crippen molar-refractivity contribution in [3.63, 3.8) is 0 Å². The predicted octanol–water partition coefficient (Wildman–Crippen LogP) is 4.51. The number of esters is 1. The van der Waals surface area contributed by atoms with Crippen molar-refractivity contribution in [1.29, 1.82) is 0 Å². The van der Waals surface area contributed by atoms with E-state index in [-0.39, 0.29) is 28.8 Å². The molecule has 0 saturated carbocycles. The second kappa shape index (κ2) is 8.94. The lowest BCUT2D eigenvalue weighted by Crippen LogP contribution is -2.26. The predicted molar refractivity (Wildman–Crippen MR) is 114 cm³/mol. The molecule has 0 aliphatic carbocycles. The summed E-state index contributed by atoms with van der Waals surface area (Å²) in [4.78, 5) is 36.1. The van der Waals surface area contributed by atoms with E-state index in [1.165, 1.54) is 24.3 Å². The van der Waals surface area contributed by atoms with Gasteiger partial charge in [-0.25, -0.2) is 4.79 Å². The van der Waals surface area contributed by atoms with Crippen LogP contribution >= 0.6 is 11.6 Å². The zero-order valence-corrected chi connectivity index (χ0v) is 17.1. The van der Waals surface area contributed by atoms with Gasteiger partial charge in [-0.15, -0.1) is 0 Å². The Balaban J connectivity index is 1.58. The first-order valence-electron chi connectivity index (χ1n) is 9.33. The van der Waals surface area contributed by atoms with Gasteiger partial charge in [0, 0.05) is 17.7 Å². The standard InChI is InChI=1S/C22H15ClN2O7/c23-16-11-15(25(28)29)7-8-17(16)24-21(26)20(13-4-2-1-3-5-13)32-22(27)14-6-9-18-19(10-14)31-12-30-18/h1-11,20H,12H2,(H,24,26). The van der Waals surface area contributed by atoms with Crippen molar-refractivity contribution in [2.45, 2.75) is 6.10 Å². The first-order valence-corrected chi connectivity index (χ1v) is 9.70. The lowest BCUT2D eigenvalue weighted by molar-refractivity contribution is -0.384. The van der Waals surface area contributed by atoms with Gasteiger partial charge < -0.3 is 19.5 Å². The molecule has 0 aromatic heterocycles. The maximum Gasteiger partial charge on any atom is 0.339 e. The first kappa shape index (κ1) is 21.1. The number of non-ortho nitro benzene ring substituents is 1. The maximum atomic E-state index is 13.0. The van der Waals surface area contributed by atoms with Gasteiger partial charge in [-0.3, -0.25) is 14.9 Å². The number of fused-ring (bicyclic) bond motifs is 1. The Morgan fingerprint density at radius 3 is 2.50 bits per heavy atom. The molecular weight excluding hydrogens is 440 g/mol. The van der Waals surface area contributed by atoms with Crippen LogP contribution in [-0.2, 0) is 9.53 Å². The number of nitro groups is 1. The lowest BCUT2D eigenvalue weighted by Gasteiger charge is -2.18. The summed E-state index contributed by atoms with van der Waals surface area (Å²) >= 11 is 6.07. The van der Waals surface area contributed by atoms with Crippen LogP contribution < -0.4 is 14.8 Å². The number of rotatable bonds is 6. The van der Waals surface area contributed by atoms with Crippen molar-refractivity contribution in [3.05, 3.63) is 93.0 Å². The number of ether oxygens (including phenoxy) is 3. The molecule has 1 aliphatic rings. The van der Waals surface area contributed by atoms with Crippen LogP contribution in [0.1, 0.15) is 22.0 Å². The van der Waals surface area contributed by atoms with Gasteiger partial charge in [0.1, 0.15) is 0 Å². The van der Waals surface area contributed by atoms with Gasteiger partial charge in [0.2, 0.25) is 12.9 Å². The van der Waals surface area contributed by atoms with Crippen LogP contribution in [0.25, 0.3) is 0 Å². The summed E-state index contributed by atoms with van der Waals surface area (Å²) in [6, 6.07) is 16.6. The van der Waals surface area contributed by atoms with Crippen molar-refractivity contribution in [3.8, 4) is 11.5 Å². The summed E-state index contributed by atoms with van der Waals surface area (Å²) in [6.07, 6.45) is -1.31. The maximum absolute atomic E-state index is 13.0. The monoisotopic (exact) mass is 454 g/mol. The minimum Gasteiger partial charge on any atom is -0.454 e. The van der Waals surface area contributed by atoms with Crippen molar-refractivity contribution in [2.24, 2.45) is 0 Å². The van der Waals surface area contributed by atoms with E-state index in [1.807, 2.05) is 0 Å². The Kier molecular flexibility index (Phi) is 5.91. The quantitative estimate of drug-likeness (QED) is 0.330. The van der Waals surface area contributed by atoms with Crippen LogP contribution in [0.5, 0.6) is 11.5 Å². The van der Waals surface area contributed by atoms with E-state index in [9.17, 15) is 19.7 Å². The molecule has 1 heterocycles. The van der Waals surface area contributed by atoms with Crippen molar-refractivity contribution in [1.82, 2.24) is 0 Å². The molecule has 4 rings (SSSR count). The number of carbonyl (C=O) groups excluding carboxylic acids is 2. The smallest absolute Gasteiger partial charge is 0.339 e. The molecular formula is C22H15ClN2O7. The average molecular weight is 455 g/mol. The number of hydrogen-bond acceptors (Lipinski definition) is 7. The summed E-state index contributed by atoms with van der Waals surface area (Å²) in [6.45, 7) is 0.0544. The highest BCUT2D eigenvalue weighted by Gasteiger charge is 2.27. The molecule has 3 aromatic rings. The fraction of sp³-hybridized carbons (Fsp3) is 0.0909. The zero-order chi connectivity index (χ0) is 22.7. The van der Waals surface area contributed by atoms with Crippen LogP contribution in [-0.4, -0.2) is 23.6 Å². The molecule has 0 bridgehead atoms. The number of hydrogen-bond donors (Lipinski definition) is 1. The fourth-order valence-corrected chi connectivity index (χ4v) is 3.24. The highest BCUT2D eigenvalue weighted by atomic mass is 35.5. The third-order valence-corrected chi connectivity index (χ3v) is 4.91. The zero-order valence-electron chi connectivity index (χ0n) is 16.3. The topological polar surface area (TPSA) is 117 Å². The number of halogens is 1. The molecule has 0 fully saturated rings. The van der Waals surface area contributed by atoms with Gasteiger partial charge in [0.15, 0.2) is 11.5 Å². The van der Waals surface area contributed by atoms with Gasteiger partial charge in [0.05, 0.1) is 21.2 Å². The minimum atomic E-state index is -1.31. The Morgan fingerprint density at radius 2 is 1.78 bits per heavy atom. The van der Waals surface area contributed by atoms with Gasteiger partial charge in [-0.05, 0) is 24.3 Å². The molecule has 3 aromatic carbocycles. The summed E-state index contributed by atoms with van der Waals surface area (Å²) < 4.78 is 16.0. The summed E-state index contributed by atoms with van der Waals surface area (Å²) in [5, 5.41) is 13.4. The molecule has 1 aliphatic heterocycles. The second-order valence-corrected chi connectivity index (χ2v) is 7.08. The molecule has 1 atom stereocenters. The Bertz CT molecular complexity index is 1200. The van der Waals surface area contributed by atoms with Gasteiger partial charge in [0.25, 0.3) is 11.6 Å². The molecule has 162 valence electrons. The number of nitrogens with one attached hydrogen (secondary N) is 1. The van der Waals surface area contributed by atoms with E-state index in [2.05, 4.69) is 5.32 Å². The van der Waals surface area contributed by atoms with Crippen molar-refractivity contribution < 1.29 is 28.7 Å². The van der Waals surface area contributed by atoms with Crippen LogP contribution in [0.2, 0.25) is 5.02 Å². The van der Waals surface area contributed by atoms with Crippen LogP contribution in [0, 0.1) is 10.1 Å². The molecule has 0 spiro atoms. The largest absolute Gasteiger partial charge is 0.454 e. The lowest BCUT2D eigenvalue weighted by atomic mass is 10.1. The highest BCUT2D eigenvalue weighted by molar-refractivity contribution is 6.34. The summed E-state index contributed by atoms with van der Waals surface area (Å²) in [5.41, 5.74) is 0.526. The molecule has 9 nitrogen and oxygen atoms in total. The number of nitro benzene ring substituents is 1. The fourth-order valence-electron chi connectivity index (χ4n) is 3.02. The summed E-state index contributed by atoms with van der Waals surface area (Å²) in [7, 11) is 0. The van der Waals surface area contributed by atoms with Crippen molar-refractivity contribution in [2.75, 3.05) is 12.1 Å². The second-order valence-electron chi connectivity index (χ2n) is 6.67. The summed E-state index contributed by atoms with van der Waals surface area (Å²) in [5.74, 6) is -0.521. The average Bonchev–Trinajstić information content (AvgIpc) is 3.27. The third-order valence-electron chi connectivity index (χ3n) is 4.59. The van der Waals surface area contributed by atoms with E-state index in [4.69, 9.17) is 25.8 Å². The normalized spacial score (nSPS) is 12.7. The number of benzene rings is 3. The van der Waals surface area contributed by atoms with E-state index < -0.39 is 22.9 Å². The van der Waals surface area contributed by atoms with Crippen LogP contribution in [0.3, 0.4) is 0 Å². The molecule has 0 saturated heterocycles. The van der Waals surface area contributed by atoms with E-state index in [1.54, 1.807) is 36.4 Å². The number of carbonyl (C=O) groups is 2. The Labute approximate surface area is 186 Å². The van der Waals surface area contributed by atoms with E-state index in [0.29, 0.717) is 17.1 Å². The van der Waals surface area contributed by atoms with Gasteiger partial charge in [-0.1, -0.05) is 41.9 Å². The highest BCUT2D eigenvalue weighted by Crippen LogP contribution is 2.33. The molecule has 32 heavy (non-hydrogen) atoms. The molecule has 10 heteroatoms. The van der Waals surface area contributed by atoms with E-state index in [0.717, 1.165) is 6.07 Å². The number of anilines is 1. The van der Waals surface area contributed by atoms with Gasteiger partial charge in [-0.2, -0.15) is 0 Å². The molecule has 1 N–H and O–H groups in total. The van der Waals surface area contributed by atoms with Gasteiger partial charge >= 0.3 is 5.97 Å². The Morgan fingerprint density at radius 1 is 1.03 bits per heavy atom. The number of nitrogens with zero attached hydrogens (tertiary/aromatic N) is 1. The van der Waals surface area contributed by atoms with Crippen LogP contribution in [0.15, 0.2) is 66.7 Å². The third kappa shape index (κ3) is 4.47. The number of amides is 1. The van der Waals surface area contributed by atoms with Crippen molar-refractivity contribution >= 4 is 34.9 Å². The molecule has 1 unspecified atom stereocenters. The molecule has 0 radical (unpaired) electrons. The SMILES string of the molecule is O=C(OC(C(=O)Nc1ccc([N+](=O)[O-])cc1Cl)c1ccccc1)c1ccc2c(c1)OCO2. The molecule has 1 amide bonds. The first-order chi connectivity index (χ1) is 15.4.